The van der Waals surface area contributed by atoms with Crippen molar-refractivity contribution in [3.05, 3.63) is 29.8 Å². The summed E-state index contributed by atoms with van der Waals surface area (Å²) in [6.45, 7) is 10.1. The summed E-state index contributed by atoms with van der Waals surface area (Å²) in [7, 11) is 0. The maximum Gasteiger partial charge on any atom is 0.573 e. The van der Waals surface area contributed by atoms with Crippen molar-refractivity contribution >= 4 is 0 Å². The predicted molar refractivity (Wildman–Crippen MR) is 67.6 cm³/mol. The minimum absolute atomic E-state index is 0.0385. The molecular formula is C14H21F3O. The number of benzene rings is 1. The van der Waals surface area contributed by atoms with Gasteiger partial charge in [-0.05, 0) is 29.5 Å². The highest BCUT2D eigenvalue weighted by Crippen LogP contribution is 2.26. The SMILES string of the molecule is CC.CC(C)(C)Cc1cccc(OC(F)(F)F)c1. The highest BCUT2D eigenvalue weighted by atomic mass is 19.4. The summed E-state index contributed by atoms with van der Waals surface area (Å²) >= 11 is 0. The van der Waals surface area contributed by atoms with Gasteiger partial charge in [0.1, 0.15) is 5.75 Å². The Hall–Kier alpha value is -1.19. The Morgan fingerprint density at radius 1 is 1.06 bits per heavy atom. The van der Waals surface area contributed by atoms with Crippen LogP contribution in [0.3, 0.4) is 0 Å². The number of rotatable bonds is 2. The number of hydrogen-bond acceptors (Lipinski definition) is 1. The van der Waals surface area contributed by atoms with Gasteiger partial charge in [-0.25, -0.2) is 0 Å². The number of hydrogen-bond donors (Lipinski definition) is 0. The smallest absolute Gasteiger partial charge is 0.406 e. The van der Waals surface area contributed by atoms with Gasteiger partial charge in [0.25, 0.3) is 0 Å². The van der Waals surface area contributed by atoms with Crippen LogP contribution in [0, 0.1) is 5.41 Å². The second-order valence-electron chi connectivity index (χ2n) is 4.93. The van der Waals surface area contributed by atoms with Crippen LogP contribution in [0.4, 0.5) is 13.2 Å². The molecule has 0 bridgehead atoms. The maximum absolute atomic E-state index is 12.0. The van der Waals surface area contributed by atoms with E-state index in [9.17, 15) is 13.2 Å². The van der Waals surface area contributed by atoms with E-state index in [0.29, 0.717) is 6.42 Å². The summed E-state index contributed by atoms with van der Waals surface area (Å²) in [4.78, 5) is 0. The molecule has 104 valence electrons. The van der Waals surface area contributed by atoms with Gasteiger partial charge in [0.05, 0.1) is 0 Å². The Kier molecular flexibility index (Phi) is 6.22. The molecule has 18 heavy (non-hydrogen) atoms. The fraction of sp³-hybridized carbons (Fsp3) is 0.571. The van der Waals surface area contributed by atoms with Gasteiger partial charge in [-0.15, -0.1) is 13.2 Å². The van der Waals surface area contributed by atoms with Crippen LogP contribution in [0.2, 0.25) is 0 Å². The Bertz CT molecular complexity index is 320. The van der Waals surface area contributed by atoms with Gasteiger partial charge in [-0.1, -0.05) is 46.8 Å². The first kappa shape index (κ1) is 16.8. The predicted octanol–water partition coefficient (Wildman–Crippen LogP) is 5.20. The zero-order chi connectivity index (χ0) is 14.4. The van der Waals surface area contributed by atoms with E-state index in [0.717, 1.165) is 5.56 Å². The van der Waals surface area contributed by atoms with E-state index in [1.54, 1.807) is 12.1 Å². The molecule has 0 aliphatic heterocycles. The summed E-state index contributed by atoms with van der Waals surface area (Å²) in [6.07, 6.45) is -3.91. The summed E-state index contributed by atoms with van der Waals surface area (Å²) < 4.78 is 39.8. The van der Waals surface area contributed by atoms with Crippen LogP contribution in [0.1, 0.15) is 40.2 Å². The van der Waals surface area contributed by atoms with Crippen molar-refractivity contribution < 1.29 is 17.9 Å². The largest absolute Gasteiger partial charge is 0.573 e. The summed E-state index contributed by atoms with van der Waals surface area (Å²) in [5.41, 5.74) is 0.880. The van der Waals surface area contributed by atoms with Gasteiger partial charge in [0.15, 0.2) is 0 Å². The van der Waals surface area contributed by atoms with Gasteiger partial charge in [0.2, 0.25) is 0 Å². The highest BCUT2D eigenvalue weighted by molar-refractivity contribution is 5.29. The van der Waals surface area contributed by atoms with E-state index in [1.165, 1.54) is 12.1 Å². The second-order valence-corrected chi connectivity index (χ2v) is 4.93. The molecule has 0 amide bonds. The van der Waals surface area contributed by atoms with E-state index in [1.807, 2.05) is 34.6 Å². The molecule has 0 spiro atoms. The second kappa shape index (κ2) is 6.66. The lowest BCUT2D eigenvalue weighted by Gasteiger charge is -2.18. The number of alkyl halides is 3. The summed E-state index contributed by atoms with van der Waals surface area (Å²) in [5.74, 6) is -0.158. The number of ether oxygens (including phenoxy) is 1. The van der Waals surface area contributed by atoms with Crippen LogP contribution in [0.5, 0.6) is 5.75 Å². The molecular weight excluding hydrogens is 241 g/mol. The third kappa shape index (κ3) is 7.98. The van der Waals surface area contributed by atoms with Crippen molar-refractivity contribution in [2.24, 2.45) is 5.41 Å². The van der Waals surface area contributed by atoms with Crippen molar-refractivity contribution in [1.82, 2.24) is 0 Å². The fourth-order valence-electron chi connectivity index (χ4n) is 1.46. The van der Waals surface area contributed by atoms with Gasteiger partial charge >= 0.3 is 6.36 Å². The van der Waals surface area contributed by atoms with Crippen LogP contribution in [0.25, 0.3) is 0 Å². The fourth-order valence-corrected chi connectivity index (χ4v) is 1.46. The van der Waals surface area contributed by atoms with Crippen molar-refractivity contribution in [2.45, 2.75) is 47.4 Å². The standard InChI is InChI=1S/C12H15F3O.C2H6/c1-11(2,3)8-9-5-4-6-10(7-9)16-12(13,14)15;1-2/h4-7H,8H2,1-3H3;1-2H3. The molecule has 0 aliphatic rings. The minimum Gasteiger partial charge on any atom is -0.406 e. The Labute approximate surface area is 107 Å². The number of halogens is 3. The van der Waals surface area contributed by atoms with Crippen LogP contribution in [0.15, 0.2) is 24.3 Å². The van der Waals surface area contributed by atoms with Crippen molar-refractivity contribution in [1.29, 1.82) is 0 Å². The van der Waals surface area contributed by atoms with Crippen molar-refractivity contribution in [3.63, 3.8) is 0 Å². The lowest BCUT2D eigenvalue weighted by Crippen LogP contribution is -2.17. The van der Waals surface area contributed by atoms with Crippen LogP contribution >= 0.6 is 0 Å². The normalized spacial score (nSPS) is 11.6. The van der Waals surface area contributed by atoms with E-state index < -0.39 is 6.36 Å². The van der Waals surface area contributed by atoms with Crippen LogP contribution < -0.4 is 4.74 Å². The van der Waals surface area contributed by atoms with E-state index in [2.05, 4.69) is 4.74 Å². The lowest BCUT2D eigenvalue weighted by atomic mass is 9.88. The van der Waals surface area contributed by atoms with E-state index in [4.69, 9.17) is 0 Å². The molecule has 1 rings (SSSR count). The Morgan fingerprint density at radius 2 is 1.61 bits per heavy atom. The first-order chi connectivity index (χ1) is 8.16. The molecule has 0 aliphatic carbocycles. The highest BCUT2D eigenvalue weighted by Gasteiger charge is 2.31. The van der Waals surface area contributed by atoms with E-state index in [-0.39, 0.29) is 11.2 Å². The quantitative estimate of drug-likeness (QED) is 0.711. The molecule has 4 heteroatoms. The minimum atomic E-state index is -4.62. The molecule has 0 aromatic heterocycles. The molecule has 0 fully saturated rings. The first-order valence-corrected chi connectivity index (χ1v) is 6.00. The maximum atomic E-state index is 12.0. The Balaban J connectivity index is 0.00000137. The van der Waals surface area contributed by atoms with Crippen molar-refractivity contribution in [2.75, 3.05) is 0 Å². The van der Waals surface area contributed by atoms with Crippen LogP contribution in [-0.2, 0) is 6.42 Å². The first-order valence-electron chi connectivity index (χ1n) is 6.00. The van der Waals surface area contributed by atoms with Gasteiger partial charge < -0.3 is 4.74 Å². The van der Waals surface area contributed by atoms with Gasteiger partial charge in [-0.2, -0.15) is 0 Å². The van der Waals surface area contributed by atoms with Crippen LogP contribution in [-0.4, -0.2) is 6.36 Å². The molecule has 0 unspecified atom stereocenters. The topological polar surface area (TPSA) is 9.23 Å². The molecule has 1 aromatic rings. The monoisotopic (exact) mass is 262 g/mol. The zero-order valence-corrected chi connectivity index (χ0v) is 11.6. The molecule has 1 aromatic carbocycles. The molecule has 1 nitrogen and oxygen atoms in total. The van der Waals surface area contributed by atoms with Crippen molar-refractivity contribution in [3.8, 4) is 5.75 Å². The molecule has 0 saturated carbocycles. The Morgan fingerprint density at radius 3 is 2.06 bits per heavy atom. The molecule has 0 atom stereocenters. The third-order valence-corrected chi connectivity index (χ3v) is 1.87. The summed E-state index contributed by atoms with van der Waals surface area (Å²) in [5, 5.41) is 0. The molecule has 0 heterocycles. The van der Waals surface area contributed by atoms with Gasteiger partial charge in [-0.3, -0.25) is 0 Å². The lowest BCUT2D eigenvalue weighted by molar-refractivity contribution is -0.274. The van der Waals surface area contributed by atoms with Gasteiger partial charge in [0, 0.05) is 0 Å². The van der Waals surface area contributed by atoms with E-state index >= 15 is 0 Å². The molecule has 0 radical (unpaired) electrons. The average Bonchev–Trinajstić information content (AvgIpc) is 2.15. The zero-order valence-electron chi connectivity index (χ0n) is 11.6. The molecule has 0 N–H and O–H groups in total. The third-order valence-electron chi connectivity index (χ3n) is 1.87. The molecule has 0 saturated heterocycles. The average molecular weight is 262 g/mol. The summed E-state index contributed by atoms with van der Waals surface area (Å²) in [6, 6.07) is 6.11.